The Balaban J connectivity index is 4.12. The van der Waals surface area contributed by atoms with Crippen LogP contribution in [0.3, 0.4) is 0 Å². The fraction of sp³-hybridized carbons (Fsp3) is 0.750. The van der Waals surface area contributed by atoms with Crippen molar-refractivity contribution in [1.29, 1.82) is 0 Å². The first kappa shape index (κ1) is 17.4. The Morgan fingerprint density at radius 1 is 1.21 bits per heavy atom. The van der Waals surface area contributed by atoms with Crippen molar-refractivity contribution in [1.82, 2.24) is 10.6 Å². The fourth-order valence-corrected chi connectivity index (χ4v) is 0.993. The van der Waals surface area contributed by atoms with Gasteiger partial charge in [0, 0.05) is 11.5 Å². The van der Waals surface area contributed by atoms with Gasteiger partial charge in [0.05, 0.1) is 0 Å². The van der Waals surface area contributed by atoms with Crippen LogP contribution in [0.15, 0.2) is 0 Å². The van der Waals surface area contributed by atoms with E-state index in [0.717, 1.165) is 0 Å². The average Bonchev–Trinajstić information content (AvgIpc) is 2.23. The highest BCUT2D eigenvalue weighted by molar-refractivity contribution is 5.87. The third kappa shape index (κ3) is 7.40. The zero-order valence-electron chi connectivity index (χ0n) is 11.9. The Hall–Kier alpha value is -1.63. The minimum Gasteiger partial charge on any atom is -0.425 e. The molecule has 0 aliphatic heterocycles. The lowest BCUT2D eigenvalue weighted by atomic mass is 9.96. The summed E-state index contributed by atoms with van der Waals surface area (Å²) in [6.45, 7) is 8.09. The summed E-state index contributed by atoms with van der Waals surface area (Å²) in [5.74, 6) is -2.01. The highest BCUT2D eigenvalue weighted by Gasteiger charge is 2.24. The van der Waals surface area contributed by atoms with Gasteiger partial charge in [-0.15, -0.1) is 0 Å². The molecule has 2 amide bonds. The highest BCUT2D eigenvalue weighted by atomic mass is 16.6. The Morgan fingerprint density at radius 2 is 1.74 bits per heavy atom. The van der Waals surface area contributed by atoms with Crippen LogP contribution in [0.1, 0.15) is 34.6 Å². The van der Waals surface area contributed by atoms with Crippen LogP contribution in [0.4, 0.5) is 0 Å². The van der Waals surface area contributed by atoms with Gasteiger partial charge < -0.3 is 20.5 Å². The van der Waals surface area contributed by atoms with Crippen molar-refractivity contribution in [2.24, 2.45) is 5.41 Å². The quantitative estimate of drug-likeness (QED) is 0.464. The molecule has 0 saturated heterocycles. The SMILES string of the molecule is CC(C)NC(=O)C(O)OC(=O)CNC(=O)C(C)(C)C. The van der Waals surface area contributed by atoms with Gasteiger partial charge in [-0.25, -0.2) is 0 Å². The van der Waals surface area contributed by atoms with Gasteiger partial charge in [-0.05, 0) is 13.8 Å². The van der Waals surface area contributed by atoms with E-state index in [0.29, 0.717) is 0 Å². The Kier molecular flexibility index (Phi) is 6.47. The molecule has 1 atom stereocenters. The molecule has 0 aromatic rings. The van der Waals surface area contributed by atoms with Gasteiger partial charge in [0.15, 0.2) is 0 Å². The predicted molar refractivity (Wildman–Crippen MR) is 67.8 cm³/mol. The van der Waals surface area contributed by atoms with Gasteiger partial charge in [-0.3, -0.25) is 14.4 Å². The van der Waals surface area contributed by atoms with E-state index in [-0.39, 0.29) is 11.9 Å². The minimum absolute atomic E-state index is 0.179. The van der Waals surface area contributed by atoms with Crippen LogP contribution in [0, 0.1) is 5.41 Å². The second-order valence-electron chi connectivity index (χ2n) is 5.44. The molecule has 0 aromatic heterocycles. The summed E-state index contributed by atoms with van der Waals surface area (Å²) in [5, 5.41) is 14.0. The number of rotatable bonds is 5. The van der Waals surface area contributed by atoms with E-state index in [1.54, 1.807) is 34.6 Å². The molecule has 110 valence electrons. The number of ether oxygens (including phenoxy) is 1. The van der Waals surface area contributed by atoms with Gasteiger partial charge in [-0.1, -0.05) is 20.8 Å². The first-order chi connectivity index (χ1) is 8.54. The molecule has 0 bridgehead atoms. The molecule has 0 heterocycles. The molecule has 0 saturated carbocycles. The summed E-state index contributed by atoms with van der Waals surface area (Å²) >= 11 is 0. The lowest BCUT2D eigenvalue weighted by molar-refractivity contribution is -0.176. The number of carbonyl (C=O) groups is 3. The van der Waals surface area contributed by atoms with Crippen LogP contribution >= 0.6 is 0 Å². The van der Waals surface area contributed by atoms with E-state index in [4.69, 9.17) is 0 Å². The maximum Gasteiger partial charge on any atom is 0.328 e. The summed E-state index contributed by atoms with van der Waals surface area (Å²) in [4.78, 5) is 34.0. The van der Waals surface area contributed by atoms with E-state index < -0.39 is 30.1 Å². The predicted octanol–water partition coefficient (Wildman–Crippen LogP) is -0.465. The summed E-state index contributed by atoms with van der Waals surface area (Å²) in [6.07, 6.45) is -1.87. The number of amides is 2. The van der Waals surface area contributed by atoms with Crippen LogP contribution in [0.5, 0.6) is 0 Å². The van der Waals surface area contributed by atoms with E-state index in [2.05, 4.69) is 15.4 Å². The normalized spacial score (nSPS) is 12.8. The van der Waals surface area contributed by atoms with Gasteiger partial charge in [0.2, 0.25) is 5.91 Å². The largest absolute Gasteiger partial charge is 0.425 e. The van der Waals surface area contributed by atoms with Gasteiger partial charge in [0.25, 0.3) is 12.2 Å². The smallest absolute Gasteiger partial charge is 0.328 e. The standard InChI is InChI=1S/C12H22N2O5/c1-7(2)14-9(16)10(17)19-8(15)6-13-11(18)12(3,4)5/h7,10,17H,6H2,1-5H3,(H,13,18)(H,14,16). The minimum atomic E-state index is -1.87. The molecular weight excluding hydrogens is 252 g/mol. The lowest BCUT2D eigenvalue weighted by Crippen LogP contribution is -2.43. The zero-order chi connectivity index (χ0) is 15.2. The summed E-state index contributed by atoms with van der Waals surface area (Å²) in [6, 6.07) is -0.179. The average molecular weight is 274 g/mol. The lowest BCUT2D eigenvalue weighted by Gasteiger charge is -2.18. The molecular formula is C12H22N2O5. The van der Waals surface area contributed by atoms with Gasteiger partial charge >= 0.3 is 5.97 Å². The number of hydrogen-bond acceptors (Lipinski definition) is 5. The van der Waals surface area contributed by atoms with Gasteiger partial charge in [-0.2, -0.15) is 0 Å². The van der Waals surface area contributed by atoms with Crippen LogP contribution in [0.25, 0.3) is 0 Å². The van der Waals surface area contributed by atoms with E-state index in [1.165, 1.54) is 0 Å². The fourth-order valence-electron chi connectivity index (χ4n) is 0.993. The molecule has 7 heteroatoms. The van der Waals surface area contributed by atoms with Crippen molar-refractivity contribution in [3.05, 3.63) is 0 Å². The van der Waals surface area contributed by atoms with E-state index in [9.17, 15) is 19.5 Å². The van der Waals surface area contributed by atoms with Crippen LogP contribution in [0.2, 0.25) is 0 Å². The Labute approximate surface area is 112 Å². The van der Waals surface area contributed by atoms with Crippen molar-refractivity contribution in [3.63, 3.8) is 0 Å². The van der Waals surface area contributed by atoms with E-state index >= 15 is 0 Å². The molecule has 0 radical (unpaired) electrons. The maximum absolute atomic E-state index is 11.5. The number of carbonyl (C=O) groups excluding carboxylic acids is 3. The first-order valence-electron chi connectivity index (χ1n) is 6.00. The second-order valence-corrected chi connectivity index (χ2v) is 5.44. The summed E-state index contributed by atoms with van der Waals surface area (Å²) < 4.78 is 4.47. The maximum atomic E-state index is 11.5. The molecule has 0 rings (SSSR count). The molecule has 7 nitrogen and oxygen atoms in total. The first-order valence-corrected chi connectivity index (χ1v) is 6.00. The van der Waals surface area contributed by atoms with Crippen molar-refractivity contribution in [2.45, 2.75) is 47.0 Å². The molecule has 0 aliphatic rings. The van der Waals surface area contributed by atoms with Crippen LogP contribution in [-0.2, 0) is 19.1 Å². The highest BCUT2D eigenvalue weighted by Crippen LogP contribution is 2.11. The third-order valence-corrected chi connectivity index (χ3v) is 1.97. The molecule has 0 fully saturated rings. The van der Waals surface area contributed by atoms with Crippen molar-refractivity contribution in [3.8, 4) is 0 Å². The van der Waals surface area contributed by atoms with Gasteiger partial charge in [0.1, 0.15) is 6.54 Å². The van der Waals surface area contributed by atoms with Crippen LogP contribution < -0.4 is 10.6 Å². The molecule has 0 spiro atoms. The third-order valence-electron chi connectivity index (χ3n) is 1.97. The second kappa shape index (κ2) is 7.08. The zero-order valence-corrected chi connectivity index (χ0v) is 11.9. The molecule has 3 N–H and O–H groups in total. The van der Waals surface area contributed by atoms with Crippen LogP contribution in [-0.4, -0.2) is 41.8 Å². The number of hydrogen-bond donors (Lipinski definition) is 3. The summed E-state index contributed by atoms with van der Waals surface area (Å²) in [7, 11) is 0. The number of aliphatic hydroxyl groups excluding tert-OH is 1. The summed E-state index contributed by atoms with van der Waals surface area (Å²) in [5.41, 5.74) is -0.631. The number of aliphatic hydroxyl groups is 1. The number of nitrogens with one attached hydrogen (secondary N) is 2. The Bertz CT molecular complexity index is 347. The van der Waals surface area contributed by atoms with E-state index in [1.807, 2.05) is 0 Å². The Morgan fingerprint density at radius 3 is 2.16 bits per heavy atom. The van der Waals surface area contributed by atoms with Crippen molar-refractivity contribution >= 4 is 17.8 Å². The monoisotopic (exact) mass is 274 g/mol. The number of esters is 1. The molecule has 0 aliphatic carbocycles. The molecule has 1 unspecified atom stereocenters. The van der Waals surface area contributed by atoms with Crippen molar-refractivity contribution in [2.75, 3.05) is 6.54 Å². The topological polar surface area (TPSA) is 105 Å². The molecule has 0 aromatic carbocycles. The van der Waals surface area contributed by atoms with Crippen molar-refractivity contribution < 1.29 is 24.2 Å². The molecule has 19 heavy (non-hydrogen) atoms.